The SMILES string of the molecule is CC(C)(C)c1ccc([Si](OC2CC3CCCC3(CO)C2)c2ccccc2)cc1. The summed E-state index contributed by atoms with van der Waals surface area (Å²) in [6.45, 7) is 7.10. The molecule has 28 heavy (non-hydrogen) atoms. The van der Waals surface area contributed by atoms with Gasteiger partial charge in [0.15, 0.2) is 0 Å². The fourth-order valence-corrected chi connectivity index (χ4v) is 7.33. The Morgan fingerprint density at radius 1 is 1.04 bits per heavy atom. The van der Waals surface area contributed by atoms with Gasteiger partial charge in [-0.15, -0.1) is 0 Å². The zero-order valence-electron chi connectivity index (χ0n) is 17.4. The molecule has 2 aliphatic rings. The van der Waals surface area contributed by atoms with Gasteiger partial charge in [0.25, 0.3) is 9.04 Å². The number of rotatable bonds is 5. The number of hydrogen-bond donors (Lipinski definition) is 1. The maximum absolute atomic E-state index is 10.1. The van der Waals surface area contributed by atoms with E-state index in [1.807, 2.05) is 0 Å². The van der Waals surface area contributed by atoms with E-state index < -0.39 is 9.04 Å². The molecule has 0 heterocycles. The lowest BCUT2D eigenvalue weighted by molar-refractivity contribution is 0.0957. The molecule has 0 spiro atoms. The minimum Gasteiger partial charge on any atom is -0.404 e. The molecular formula is C25H33O2Si. The highest BCUT2D eigenvalue weighted by Crippen LogP contribution is 2.54. The Morgan fingerprint density at radius 3 is 2.32 bits per heavy atom. The normalized spacial score (nSPS) is 27.3. The number of aliphatic hydroxyl groups excluding tert-OH is 1. The summed E-state index contributed by atoms with van der Waals surface area (Å²) in [6, 6.07) is 19.8. The molecule has 0 amide bonds. The minimum atomic E-state index is -1.29. The van der Waals surface area contributed by atoms with Crippen molar-refractivity contribution in [3.63, 3.8) is 0 Å². The molecule has 3 heteroatoms. The molecule has 0 aliphatic heterocycles. The largest absolute Gasteiger partial charge is 0.404 e. The Balaban J connectivity index is 1.59. The van der Waals surface area contributed by atoms with Crippen molar-refractivity contribution in [2.75, 3.05) is 6.61 Å². The summed E-state index contributed by atoms with van der Waals surface area (Å²) in [5.41, 5.74) is 1.65. The third kappa shape index (κ3) is 3.85. The molecule has 149 valence electrons. The van der Waals surface area contributed by atoms with E-state index >= 15 is 0 Å². The highest BCUT2D eigenvalue weighted by Gasteiger charge is 2.50. The van der Waals surface area contributed by atoms with Gasteiger partial charge in [-0.1, -0.05) is 81.8 Å². The predicted molar refractivity (Wildman–Crippen MR) is 118 cm³/mol. The van der Waals surface area contributed by atoms with Crippen molar-refractivity contribution in [1.82, 2.24) is 0 Å². The van der Waals surface area contributed by atoms with Gasteiger partial charge in [-0.05, 0) is 58.4 Å². The second-order valence-corrected chi connectivity index (χ2v) is 11.9. The Morgan fingerprint density at radius 2 is 1.71 bits per heavy atom. The maximum Gasteiger partial charge on any atom is 0.283 e. The van der Waals surface area contributed by atoms with Crippen LogP contribution in [0.25, 0.3) is 0 Å². The Hall–Kier alpha value is -1.42. The zero-order chi connectivity index (χ0) is 19.8. The molecule has 2 aliphatic carbocycles. The Bertz CT molecular complexity index is 780. The van der Waals surface area contributed by atoms with Crippen molar-refractivity contribution in [3.8, 4) is 0 Å². The molecule has 0 bridgehead atoms. The van der Waals surface area contributed by atoms with Crippen LogP contribution in [0.4, 0.5) is 0 Å². The fourth-order valence-electron chi connectivity index (χ4n) is 5.24. The first-order valence-corrected chi connectivity index (χ1v) is 12.1. The van der Waals surface area contributed by atoms with Crippen LogP contribution in [0.1, 0.15) is 58.4 Å². The number of hydrogen-bond acceptors (Lipinski definition) is 2. The fraction of sp³-hybridized carbons (Fsp3) is 0.520. The first-order chi connectivity index (χ1) is 13.4. The van der Waals surface area contributed by atoms with Crippen molar-refractivity contribution in [3.05, 3.63) is 60.2 Å². The average molecular weight is 394 g/mol. The van der Waals surface area contributed by atoms with Gasteiger partial charge in [-0.2, -0.15) is 0 Å². The quantitative estimate of drug-likeness (QED) is 0.777. The summed E-state index contributed by atoms with van der Waals surface area (Å²) >= 11 is 0. The van der Waals surface area contributed by atoms with Gasteiger partial charge in [0.1, 0.15) is 0 Å². The molecule has 2 fully saturated rings. The molecule has 2 aromatic rings. The van der Waals surface area contributed by atoms with Crippen LogP contribution in [0.2, 0.25) is 0 Å². The van der Waals surface area contributed by atoms with E-state index in [0.29, 0.717) is 12.5 Å². The van der Waals surface area contributed by atoms with Crippen LogP contribution in [0.15, 0.2) is 54.6 Å². The number of fused-ring (bicyclic) bond motifs is 1. The molecule has 2 aromatic carbocycles. The summed E-state index contributed by atoms with van der Waals surface area (Å²) < 4.78 is 6.86. The van der Waals surface area contributed by atoms with Crippen molar-refractivity contribution in [2.24, 2.45) is 11.3 Å². The van der Waals surface area contributed by atoms with Gasteiger partial charge in [-0.3, -0.25) is 0 Å². The van der Waals surface area contributed by atoms with Crippen LogP contribution in [-0.2, 0) is 9.84 Å². The molecule has 0 saturated heterocycles. The smallest absolute Gasteiger partial charge is 0.283 e. The highest BCUT2D eigenvalue weighted by molar-refractivity contribution is 6.80. The van der Waals surface area contributed by atoms with Gasteiger partial charge in [-0.25, -0.2) is 0 Å². The van der Waals surface area contributed by atoms with Crippen molar-refractivity contribution in [2.45, 2.75) is 64.4 Å². The molecule has 4 rings (SSSR count). The molecule has 3 unspecified atom stereocenters. The first-order valence-electron chi connectivity index (χ1n) is 10.7. The van der Waals surface area contributed by atoms with E-state index in [9.17, 15) is 5.11 Å². The van der Waals surface area contributed by atoms with Crippen LogP contribution in [0.3, 0.4) is 0 Å². The van der Waals surface area contributed by atoms with E-state index in [4.69, 9.17) is 4.43 Å². The molecule has 1 radical (unpaired) electrons. The summed E-state index contributed by atoms with van der Waals surface area (Å²) in [5, 5.41) is 12.7. The molecule has 2 saturated carbocycles. The standard InChI is InChI=1S/C25H33O2Si/c1-24(2,3)19-11-13-23(14-12-19)28(22-9-5-4-6-10-22)27-21-16-20-8-7-15-25(20,17-21)18-26/h4-6,9-14,20-21,26H,7-8,15-18H2,1-3H3. The lowest BCUT2D eigenvalue weighted by Crippen LogP contribution is -2.47. The third-order valence-corrected chi connectivity index (χ3v) is 9.21. The van der Waals surface area contributed by atoms with Crippen LogP contribution >= 0.6 is 0 Å². The van der Waals surface area contributed by atoms with Crippen LogP contribution in [0.5, 0.6) is 0 Å². The Kier molecular flexibility index (Phi) is 5.52. The van der Waals surface area contributed by atoms with E-state index in [-0.39, 0.29) is 16.9 Å². The van der Waals surface area contributed by atoms with E-state index in [2.05, 4.69) is 75.4 Å². The molecular weight excluding hydrogens is 360 g/mol. The van der Waals surface area contributed by atoms with Gasteiger partial charge in [0, 0.05) is 12.7 Å². The summed E-state index contributed by atoms with van der Waals surface area (Å²) in [6.07, 6.45) is 6.10. The molecule has 2 nitrogen and oxygen atoms in total. The van der Waals surface area contributed by atoms with E-state index in [1.165, 1.54) is 35.2 Å². The van der Waals surface area contributed by atoms with Gasteiger partial charge in [0.2, 0.25) is 0 Å². The van der Waals surface area contributed by atoms with E-state index in [0.717, 1.165) is 12.8 Å². The average Bonchev–Trinajstić information content (AvgIpc) is 3.23. The molecule has 1 N–H and O–H groups in total. The second kappa shape index (κ2) is 7.77. The van der Waals surface area contributed by atoms with Gasteiger partial charge < -0.3 is 9.53 Å². The predicted octanol–water partition coefficient (Wildman–Crippen LogP) is 4.05. The molecule has 3 atom stereocenters. The maximum atomic E-state index is 10.1. The zero-order valence-corrected chi connectivity index (χ0v) is 18.4. The molecule has 0 aromatic heterocycles. The lowest BCUT2D eigenvalue weighted by atomic mass is 9.81. The topological polar surface area (TPSA) is 29.5 Å². The van der Waals surface area contributed by atoms with Crippen LogP contribution in [0, 0.1) is 11.3 Å². The summed E-state index contributed by atoms with van der Waals surface area (Å²) in [4.78, 5) is 0. The van der Waals surface area contributed by atoms with Crippen LogP contribution in [-0.4, -0.2) is 26.9 Å². The summed E-state index contributed by atoms with van der Waals surface area (Å²) in [5.74, 6) is 0.643. The van der Waals surface area contributed by atoms with E-state index in [1.54, 1.807) is 0 Å². The highest BCUT2D eigenvalue weighted by atomic mass is 28.3. The van der Waals surface area contributed by atoms with Crippen molar-refractivity contribution >= 4 is 19.4 Å². The van der Waals surface area contributed by atoms with Crippen molar-refractivity contribution < 1.29 is 9.53 Å². The second-order valence-electron chi connectivity index (χ2n) is 9.81. The third-order valence-electron chi connectivity index (χ3n) is 6.92. The lowest BCUT2D eigenvalue weighted by Gasteiger charge is -2.27. The minimum absolute atomic E-state index is 0.129. The Labute approximate surface area is 171 Å². The monoisotopic (exact) mass is 393 g/mol. The number of benzene rings is 2. The van der Waals surface area contributed by atoms with Crippen LogP contribution < -0.4 is 10.4 Å². The van der Waals surface area contributed by atoms with Gasteiger partial charge in [0.05, 0.1) is 0 Å². The van der Waals surface area contributed by atoms with Crippen molar-refractivity contribution in [1.29, 1.82) is 0 Å². The van der Waals surface area contributed by atoms with Gasteiger partial charge >= 0.3 is 0 Å². The summed E-state index contributed by atoms with van der Waals surface area (Å²) in [7, 11) is -1.29. The first kappa shape index (κ1) is 19.9. The number of aliphatic hydroxyl groups is 1.